The van der Waals surface area contributed by atoms with E-state index in [1.54, 1.807) is 18.2 Å². The molecule has 1 aliphatic rings. The van der Waals surface area contributed by atoms with Crippen LogP contribution >= 0.6 is 0 Å². The molecule has 2 aromatic carbocycles. The van der Waals surface area contributed by atoms with Crippen LogP contribution < -0.4 is 0 Å². The minimum absolute atomic E-state index is 0.0652. The fraction of sp³-hybridized carbons (Fsp3) is 0.440. The van der Waals surface area contributed by atoms with Gasteiger partial charge in [-0.2, -0.15) is 0 Å². The monoisotopic (exact) mass is 386 g/mol. The lowest BCUT2D eigenvalue weighted by Gasteiger charge is -2.27. The molecule has 0 N–H and O–H groups in total. The number of allylic oxidation sites excluding steroid dienone is 1. The summed E-state index contributed by atoms with van der Waals surface area (Å²) in [7, 11) is 0. The van der Waals surface area contributed by atoms with Crippen LogP contribution in [0.4, 0.5) is 13.2 Å². The summed E-state index contributed by atoms with van der Waals surface area (Å²) < 4.78 is 42.9. The third-order valence-corrected chi connectivity index (χ3v) is 5.94. The van der Waals surface area contributed by atoms with Crippen molar-refractivity contribution in [1.29, 1.82) is 0 Å². The normalized spacial score (nSPS) is 20.0. The number of benzene rings is 2. The Morgan fingerprint density at radius 1 is 0.929 bits per heavy atom. The van der Waals surface area contributed by atoms with Crippen molar-refractivity contribution in [3.8, 4) is 0 Å². The van der Waals surface area contributed by atoms with Crippen molar-refractivity contribution in [3.05, 3.63) is 76.1 Å². The van der Waals surface area contributed by atoms with Crippen molar-refractivity contribution in [1.82, 2.24) is 0 Å². The quantitative estimate of drug-likeness (QED) is 0.479. The summed E-state index contributed by atoms with van der Waals surface area (Å²) in [5, 5.41) is 0. The molecule has 0 radical (unpaired) electrons. The summed E-state index contributed by atoms with van der Waals surface area (Å²) in [6, 6.07) is 8.89. The van der Waals surface area contributed by atoms with Crippen LogP contribution in [0.25, 0.3) is 6.08 Å². The van der Waals surface area contributed by atoms with Crippen LogP contribution in [0.5, 0.6) is 0 Å². The number of rotatable bonds is 6. The molecule has 0 amide bonds. The maximum atomic E-state index is 14.5. The highest BCUT2D eigenvalue weighted by atomic mass is 19.2. The molecule has 3 heteroatoms. The summed E-state index contributed by atoms with van der Waals surface area (Å²) in [5.74, 6) is -1.10. The smallest absolute Gasteiger partial charge is 0.162 e. The molecule has 0 spiro atoms. The topological polar surface area (TPSA) is 0 Å². The Hall–Kier alpha value is -2.03. The third kappa shape index (κ3) is 4.68. The first kappa shape index (κ1) is 20.7. The molecular weight excluding hydrogens is 357 g/mol. The van der Waals surface area contributed by atoms with Crippen molar-refractivity contribution < 1.29 is 13.2 Å². The molecule has 1 fully saturated rings. The van der Waals surface area contributed by atoms with Gasteiger partial charge in [0.2, 0.25) is 0 Å². The maximum absolute atomic E-state index is 14.5. The van der Waals surface area contributed by atoms with Crippen LogP contribution in [0.2, 0.25) is 0 Å². The van der Waals surface area contributed by atoms with Gasteiger partial charge in [-0.25, -0.2) is 13.2 Å². The molecule has 1 saturated carbocycles. The minimum atomic E-state index is -0.674. The van der Waals surface area contributed by atoms with Gasteiger partial charge in [0.1, 0.15) is 5.82 Å². The van der Waals surface area contributed by atoms with E-state index < -0.39 is 11.6 Å². The van der Waals surface area contributed by atoms with Crippen LogP contribution in [0, 0.1) is 23.4 Å². The van der Waals surface area contributed by atoms with E-state index in [2.05, 4.69) is 6.08 Å². The Bertz CT molecular complexity index is 830. The summed E-state index contributed by atoms with van der Waals surface area (Å²) in [4.78, 5) is 0. The van der Waals surface area contributed by atoms with Gasteiger partial charge in [0, 0.05) is 5.56 Å². The van der Waals surface area contributed by atoms with E-state index in [9.17, 15) is 13.2 Å². The molecule has 0 unspecified atom stereocenters. The second-order valence-electron chi connectivity index (χ2n) is 7.87. The molecule has 3 rings (SSSR count). The number of halogens is 3. The molecule has 28 heavy (non-hydrogen) atoms. The number of hydrogen-bond acceptors (Lipinski definition) is 0. The lowest BCUT2D eigenvalue weighted by atomic mass is 9.78. The van der Waals surface area contributed by atoms with Crippen LogP contribution in [-0.4, -0.2) is 0 Å². The Labute approximate surface area is 166 Å². The average Bonchev–Trinajstić information content (AvgIpc) is 2.71. The highest BCUT2D eigenvalue weighted by Gasteiger charge is 2.25. The van der Waals surface area contributed by atoms with E-state index in [-0.39, 0.29) is 11.7 Å². The highest BCUT2D eigenvalue weighted by Crippen LogP contribution is 2.38. The van der Waals surface area contributed by atoms with E-state index >= 15 is 0 Å². The molecule has 0 atom stereocenters. The zero-order valence-corrected chi connectivity index (χ0v) is 16.8. The predicted molar refractivity (Wildman–Crippen MR) is 110 cm³/mol. The van der Waals surface area contributed by atoms with E-state index in [0.29, 0.717) is 29.0 Å². The van der Waals surface area contributed by atoms with Crippen LogP contribution in [-0.2, 0) is 12.8 Å². The fourth-order valence-electron chi connectivity index (χ4n) is 4.17. The first-order valence-electron chi connectivity index (χ1n) is 10.5. The van der Waals surface area contributed by atoms with E-state index in [4.69, 9.17) is 0 Å². The van der Waals surface area contributed by atoms with Crippen LogP contribution in [0.3, 0.4) is 0 Å². The molecule has 0 heterocycles. The first-order chi connectivity index (χ1) is 13.5. The zero-order chi connectivity index (χ0) is 20.1. The average molecular weight is 387 g/mol. The molecule has 0 nitrogen and oxygen atoms in total. The van der Waals surface area contributed by atoms with Crippen LogP contribution in [0.1, 0.15) is 74.1 Å². The SMILES string of the molecule is CCCc1ccc(C2CCC(C=Cc3ccc(CC)cc3F)CC2)c(F)c1F. The Morgan fingerprint density at radius 2 is 1.68 bits per heavy atom. The Balaban J connectivity index is 1.62. The minimum Gasteiger partial charge on any atom is -0.206 e. The maximum Gasteiger partial charge on any atom is 0.162 e. The molecule has 0 aromatic heterocycles. The zero-order valence-electron chi connectivity index (χ0n) is 16.8. The number of aryl methyl sites for hydroxylation is 2. The van der Waals surface area contributed by atoms with Crippen LogP contribution in [0.15, 0.2) is 36.4 Å². The van der Waals surface area contributed by atoms with E-state index in [0.717, 1.165) is 44.1 Å². The first-order valence-corrected chi connectivity index (χ1v) is 10.5. The molecule has 0 aliphatic heterocycles. The van der Waals surface area contributed by atoms with Gasteiger partial charge < -0.3 is 0 Å². The number of hydrogen-bond donors (Lipinski definition) is 0. The predicted octanol–water partition coefficient (Wildman–Crippen LogP) is 7.61. The van der Waals surface area contributed by atoms with Gasteiger partial charge in [0.05, 0.1) is 0 Å². The second-order valence-corrected chi connectivity index (χ2v) is 7.87. The lowest BCUT2D eigenvalue weighted by molar-refractivity contribution is 0.364. The van der Waals surface area contributed by atoms with Crippen molar-refractivity contribution in [2.75, 3.05) is 0 Å². The largest absolute Gasteiger partial charge is 0.206 e. The van der Waals surface area contributed by atoms with Gasteiger partial charge in [-0.05, 0) is 73.1 Å². The Kier molecular flexibility index (Phi) is 6.98. The van der Waals surface area contributed by atoms with Gasteiger partial charge >= 0.3 is 0 Å². The van der Waals surface area contributed by atoms with E-state index in [1.807, 2.05) is 32.1 Å². The van der Waals surface area contributed by atoms with Gasteiger partial charge in [0.25, 0.3) is 0 Å². The molecule has 0 saturated heterocycles. The molecule has 0 bridgehead atoms. The van der Waals surface area contributed by atoms with Crippen molar-refractivity contribution >= 4 is 6.08 Å². The highest BCUT2D eigenvalue weighted by molar-refractivity contribution is 5.51. The van der Waals surface area contributed by atoms with Gasteiger partial charge in [-0.3, -0.25) is 0 Å². The summed E-state index contributed by atoms with van der Waals surface area (Å²) in [5.41, 5.74) is 2.59. The molecule has 2 aromatic rings. The molecule has 150 valence electrons. The van der Waals surface area contributed by atoms with Crippen molar-refractivity contribution in [3.63, 3.8) is 0 Å². The van der Waals surface area contributed by atoms with Gasteiger partial charge in [-0.15, -0.1) is 0 Å². The third-order valence-electron chi connectivity index (χ3n) is 5.94. The summed E-state index contributed by atoms with van der Waals surface area (Å²) in [6.45, 7) is 3.97. The second kappa shape index (κ2) is 9.45. The fourth-order valence-corrected chi connectivity index (χ4v) is 4.17. The summed E-state index contributed by atoms with van der Waals surface area (Å²) >= 11 is 0. The molecule has 1 aliphatic carbocycles. The van der Waals surface area contributed by atoms with Crippen molar-refractivity contribution in [2.24, 2.45) is 5.92 Å². The van der Waals surface area contributed by atoms with Gasteiger partial charge in [0.15, 0.2) is 11.6 Å². The summed E-state index contributed by atoms with van der Waals surface area (Å²) in [6.07, 6.45) is 9.60. The van der Waals surface area contributed by atoms with Gasteiger partial charge in [-0.1, -0.05) is 56.7 Å². The Morgan fingerprint density at radius 3 is 2.32 bits per heavy atom. The van der Waals surface area contributed by atoms with E-state index in [1.165, 1.54) is 0 Å². The van der Waals surface area contributed by atoms with Crippen molar-refractivity contribution in [2.45, 2.75) is 64.7 Å². The lowest BCUT2D eigenvalue weighted by Crippen LogP contribution is -2.14. The molecular formula is C25H29F3. The standard InChI is InChI=1S/C25H29F3/c1-3-5-21-14-15-22(25(28)24(21)27)19-10-7-18(8-11-19)9-13-20-12-6-17(4-2)16-23(20)26/h6,9,12-16,18-19H,3-5,7-8,10-11H2,1-2H3.